The Morgan fingerprint density at radius 3 is 2.38 bits per heavy atom. The molecule has 5 nitrogen and oxygen atoms in total. The Morgan fingerprint density at radius 1 is 1.33 bits per heavy atom. The van der Waals surface area contributed by atoms with Crippen molar-refractivity contribution in [3.05, 3.63) is 23.3 Å². The van der Waals surface area contributed by atoms with E-state index in [1.807, 2.05) is 7.05 Å². The molecular formula is C16H24N4O. The van der Waals surface area contributed by atoms with E-state index in [4.69, 9.17) is 0 Å². The molecule has 1 aliphatic rings. The number of hydrogen-bond acceptors (Lipinski definition) is 4. The lowest BCUT2D eigenvalue weighted by Gasteiger charge is -2.21. The maximum atomic E-state index is 11.6. The topological polar surface area (TPSA) is 56.7 Å². The summed E-state index contributed by atoms with van der Waals surface area (Å²) in [4.78, 5) is 17.7. The third-order valence-corrected chi connectivity index (χ3v) is 3.83. The lowest BCUT2D eigenvalue weighted by molar-refractivity contribution is -0.116. The number of benzene rings is 1. The van der Waals surface area contributed by atoms with Gasteiger partial charge < -0.3 is 15.5 Å². The van der Waals surface area contributed by atoms with Crippen molar-refractivity contribution < 1.29 is 4.79 Å². The van der Waals surface area contributed by atoms with Gasteiger partial charge in [0.25, 0.3) is 0 Å². The summed E-state index contributed by atoms with van der Waals surface area (Å²) < 4.78 is 0. The number of aryl methyl sites for hydroxylation is 2. The molecule has 114 valence electrons. The third kappa shape index (κ3) is 3.35. The Labute approximate surface area is 126 Å². The quantitative estimate of drug-likeness (QED) is 0.892. The second kappa shape index (κ2) is 6.61. The van der Waals surface area contributed by atoms with Crippen molar-refractivity contribution in [3.8, 4) is 0 Å². The zero-order valence-corrected chi connectivity index (χ0v) is 13.3. The fraction of sp³-hybridized carbons (Fsp3) is 0.500. The summed E-state index contributed by atoms with van der Waals surface area (Å²) in [5.41, 5.74) is 4.47. The first-order chi connectivity index (χ1) is 10.1. The number of guanidine groups is 1. The Morgan fingerprint density at radius 2 is 1.95 bits per heavy atom. The number of carbonyl (C=O) groups excluding carboxylic acids is 1. The standard InChI is InChI=1S/C16H24N4O/c1-5-12-9-14(20(4)11(3)21)10-13(6-2)15(12)19-16-17-7-8-18-16/h9-10H,5-8H2,1-4H3,(H2,17,18,19). The van der Waals surface area contributed by atoms with Crippen LogP contribution in [0.3, 0.4) is 0 Å². The first-order valence-electron chi connectivity index (χ1n) is 7.52. The lowest BCUT2D eigenvalue weighted by Crippen LogP contribution is -2.28. The number of carbonyl (C=O) groups is 1. The number of rotatable bonds is 4. The lowest BCUT2D eigenvalue weighted by atomic mass is 10.0. The molecule has 0 saturated carbocycles. The van der Waals surface area contributed by atoms with E-state index >= 15 is 0 Å². The number of nitrogens with one attached hydrogen (secondary N) is 2. The predicted octanol–water partition coefficient (Wildman–Crippen LogP) is 2.17. The number of nitrogens with zero attached hydrogens (tertiary/aromatic N) is 2. The van der Waals surface area contributed by atoms with Crippen LogP contribution in [0, 0.1) is 0 Å². The van der Waals surface area contributed by atoms with Gasteiger partial charge in [-0.1, -0.05) is 13.8 Å². The Bertz CT molecular complexity index is 540. The van der Waals surface area contributed by atoms with Crippen LogP contribution in [-0.2, 0) is 17.6 Å². The summed E-state index contributed by atoms with van der Waals surface area (Å²) in [5, 5.41) is 6.65. The molecule has 1 amide bonds. The fourth-order valence-corrected chi connectivity index (χ4v) is 2.44. The molecule has 0 aliphatic carbocycles. The van der Waals surface area contributed by atoms with E-state index in [-0.39, 0.29) is 5.91 Å². The van der Waals surface area contributed by atoms with E-state index in [0.717, 1.165) is 43.3 Å². The molecule has 0 atom stereocenters. The van der Waals surface area contributed by atoms with Crippen LogP contribution in [0.5, 0.6) is 0 Å². The normalized spacial score (nSPS) is 13.6. The molecule has 0 aromatic heterocycles. The molecule has 0 spiro atoms. The van der Waals surface area contributed by atoms with Gasteiger partial charge in [0.1, 0.15) is 0 Å². The van der Waals surface area contributed by atoms with Crippen LogP contribution >= 0.6 is 0 Å². The average Bonchev–Trinajstić information content (AvgIpc) is 2.99. The highest BCUT2D eigenvalue weighted by Crippen LogP contribution is 2.29. The number of aliphatic imine (C=N–C) groups is 1. The number of amides is 1. The van der Waals surface area contributed by atoms with Gasteiger partial charge in [0.05, 0.1) is 6.54 Å². The maximum Gasteiger partial charge on any atom is 0.223 e. The summed E-state index contributed by atoms with van der Waals surface area (Å²) in [6.07, 6.45) is 1.81. The predicted molar refractivity (Wildman–Crippen MR) is 88.2 cm³/mol. The second-order valence-electron chi connectivity index (χ2n) is 5.21. The van der Waals surface area contributed by atoms with Crippen LogP contribution in [0.1, 0.15) is 31.9 Å². The molecule has 2 rings (SSSR count). The second-order valence-corrected chi connectivity index (χ2v) is 5.21. The summed E-state index contributed by atoms with van der Waals surface area (Å²) in [6, 6.07) is 4.16. The molecule has 5 heteroatoms. The van der Waals surface area contributed by atoms with Crippen LogP contribution in [0.4, 0.5) is 11.4 Å². The molecule has 0 bridgehead atoms. The van der Waals surface area contributed by atoms with E-state index < -0.39 is 0 Å². The van der Waals surface area contributed by atoms with Crippen LogP contribution in [0.25, 0.3) is 0 Å². The maximum absolute atomic E-state index is 11.6. The minimum atomic E-state index is 0.0432. The van der Waals surface area contributed by atoms with Crippen molar-refractivity contribution in [2.75, 3.05) is 30.4 Å². The van der Waals surface area contributed by atoms with Gasteiger partial charge in [-0.3, -0.25) is 9.79 Å². The van der Waals surface area contributed by atoms with Gasteiger partial charge in [0.2, 0.25) is 5.91 Å². The molecule has 21 heavy (non-hydrogen) atoms. The Balaban J connectivity index is 2.41. The Kier molecular flexibility index (Phi) is 4.83. The van der Waals surface area contributed by atoms with Crippen molar-refractivity contribution in [1.29, 1.82) is 0 Å². The highest BCUT2D eigenvalue weighted by Gasteiger charge is 2.15. The van der Waals surface area contributed by atoms with Gasteiger partial charge in [-0.25, -0.2) is 0 Å². The molecule has 1 aliphatic heterocycles. The SMILES string of the molecule is CCc1cc(N(C)C(C)=O)cc(CC)c1NC1=NCCN1. The molecule has 1 aromatic rings. The smallest absolute Gasteiger partial charge is 0.223 e. The highest BCUT2D eigenvalue weighted by molar-refractivity contribution is 5.97. The van der Waals surface area contributed by atoms with Crippen LogP contribution in [0.15, 0.2) is 17.1 Å². The first kappa shape index (κ1) is 15.4. The molecule has 2 N–H and O–H groups in total. The largest absolute Gasteiger partial charge is 0.354 e. The average molecular weight is 288 g/mol. The summed E-state index contributed by atoms with van der Waals surface area (Å²) in [7, 11) is 1.81. The highest BCUT2D eigenvalue weighted by atomic mass is 16.2. The van der Waals surface area contributed by atoms with Crippen molar-refractivity contribution in [2.24, 2.45) is 4.99 Å². The first-order valence-corrected chi connectivity index (χ1v) is 7.52. The van der Waals surface area contributed by atoms with Crippen molar-refractivity contribution in [1.82, 2.24) is 5.32 Å². The van der Waals surface area contributed by atoms with Crippen molar-refractivity contribution >= 4 is 23.2 Å². The zero-order chi connectivity index (χ0) is 15.4. The van der Waals surface area contributed by atoms with Crippen LogP contribution in [-0.4, -0.2) is 32.0 Å². The molecule has 1 aromatic carbocycles. The van der Waals surface area contributed by atoms with Crippen molar-refractivity contribution in [3.63, 3.8) is 0 Å². The summed E-state index contributed by atoms with van der Waals surface area (Å²) in [6.45, 7) is 7.54. The Hall–Kier alpha value is -2.04. The van der Waals surface area contributed by atoms with Gasteiger partial charge in [0.15, 0.2) is 5.96 Å². The number of hydrogen-bond donors (Lipinski definition) is 2. The molecular weight excluding hydrogens is 264 g/mol. The molecule has 1 heterocycles. The van der Waals surface area contributed by atoms with Gasteiger partial charge in [-0.05, 0) is 36.1 Å². The minimum Gasteiger partial charge on any atom is -0.354 e. The van der Waals surface area contributed by atoms with Crippen LogP contribution in [0.2, 0.25) is 0 Å². The summed E-state index contributed by atoms with van der Waals surface area (Å²) >= 11 is 0. The van der Waals surface area contributed by atoms with Crippen LogP contribution < -0.4 is 15.5 Å². The van der Waals surface area contributed by atoms with Gasteiger partial charge in [-0.15, -0.1) is 0 Å². The van der Waals surface area contributed by atoms with Crippen molar-refractivity contribution in [2.45, 2.75) is 33.6 Å². The van der Waals surface area contributed by atoms with E-state index in [9.17, 15) is 4.79 Å². The monoisotopic (exact) mass is 288 g/mol. The van der Waals surface area contributed by atoms with E-state index in [1.165, 1.54) is 11.1 Å². The van der Waals surface area contributed by atoms with Gasteiger partial charge in [0, 0.05) is 31.9 Å². The number of anilines is 2. The molecule has 0 unspecified atom stereocenters. The third-order valence-electron chi connectivity index (χ3n) is 3.83. The zero-order valence-electron chi connectivity index (χ0n) is 13.3. The van der Waals surface area contributed by atoms with Gasteiger partial charge >= 0.3 is 0 Å². The van der Waals surface area contributed by atoms with E-state index in [2.05, 4.69) is 41.6 Å². The molecule has 0 radical (unpaired) electrons. The fourth-order valence-electron chi connectivity index (χ4n) is 2.44. The summed E-state index contributed by atoms with van der Waals surface area (Å²) in [5.74, 6) is 0.883. The molecule has 0 saturated heterocycles. The minimum absolute atomic E-state index is 0.0432. The van der Waals surface area contributed by atoms with E-state index in [0.29, 0.717) is 0 Å². The molecule has 0 fully saturated rings. The van der Waals surface area contributed by atoms with Gasteiger partial charge in [-0.2, -0.15) is 0 Å². The van der Waals surface area contributed by atoms with E-state index in [1.54, 1.807) is 11.8 Å².